The van der Waals surface area contributed by atoms with Gasteiger partial charge < -0.3 is 10.1 Å². The van der Waals surface area contributed by atoms with Crippen LogP contribution in [0, 0.1) is 5.92 Å². The van der Waals surface area contributed by atoms with E-state index in [0.29, 0.717) is 17.7 Å². The number of nitrogens with one attached hydrogen (secondary N) is 1. The highest BCUT2D eigenvalue weighted by atomic mass is 32.2. The van der Waals surface area contributed by atoms with Crippen molar-refractivity contribution >= 4 is 30.0 Å². The Balaban J connectivity index is 2.76. The van der Waals surface area contributed by atoms with Gasteiger partial charge in [0, 0.05) is 12.8 Å². The van der Waals surface area contributed by atoms with Crippen molar-refractivity contribution in [2.75, 3.05) is 12.0 Å². The number of ether oxygens (including phenoxy) is 1. The Labute approximate surface area is 167 Å². The van der Waals surface area contributed by atoms with Crippen molar-refractivity contribution in [1.82, 2.24) is 5.32 Å². The molecular formula is C19H25F3N2O3S. The maximum absolute atomic E-state index is 12.8. The van der Waals surface area contributed by atoms with Crippen LogP contribution in [0.1, 0.15) is 38.3 Å². The number of amides is 2. The van der Waals surface area contributed by atoms with Crippen LogP contribution in [0.15, 0.2) is 29.3 Å². The number of aliphatic imine (C=N–C) groups is 1. The summed E-state index contributed by atoms with van der Waals surface area (Å²) in [5, 5.41) is 2.60. The van der Waals surface area contributed by atoms with Crippen molar-refractivity contribution in [2.45, 2.75) is 45.5 Å². The Hall–Kier alpha value is -2.03. The molecule has 0 saturated heterocycles. The second kappa shape index (κ2) is 10.5. The zero-order valence-corrected chi connectivity index (χ0v) is 17.1. The third-order valence-electron chi connectivity index (χ3n) is 3.44. The maximum atomic E-state index is 12.8. The maximum Gasteiger partial charge on any atom is 0.433 e. The molecule has 0 fully saturated rings. The van der Waals surface area contributed by atoms with E-state index in [9.17, 15) is 22.8 Å². The van der Waals surface area contributed by atoms with E-state index in [1.54, 1.807) is 20.8 Å². The second-order valence-electron chi connectivity index (χ2n) is 7.06. The monoisotopic (exact) mass is 418 g/mol. The van der Waals surface area contributed by atoms with Crippen LogP contribution < -0.4 is 5.32 Å². The van der Waals surface area contributed by atoms with E-state index in [0.717, 1.165) is 12.1 Å². The van der Waals surface area contributed by atoms with Crippen LogP contribution in [0.5, 0.6) is 0 Å². The minimum Gasteiger partial charge on any atom is -0.442 e. The number of hydrogen-bond acceptors (Lipinski definition) is 4. The lowest BCUT2D eigenvalue weighted by Gasteiger charge is -2.17. The van der Waals surface area contributed by atoms with Crippen LogP contribution in [0.4, 0.5) is 18.0 Å². The van der Waals surface area contributed by atoms with Crippen molar-refractivity contribution in [1.29, 1.82) is 0 Å². The quantitative estimate of drug-likeness (QED) is 0.652. The van der Waals surface area contributed by atoms with Crippen LogP contribution in [0.2, 0.25) is 0 Å². The number of thioether (sulfide) groups is 1. The van der Waals surface area contributed by atoms with Crippen LogP contribution in [-0.4, -0.2) is 35.8 Å². The van der Waals surface area contributed by atoms with E-state index in [4.69, 9.17) is 4.74 Å². The molecule has 0 saturated carbocycles. The molecule has 9 heteroatoms. The minimum atomic E-state index is -4.44. The lowest BCUT2D eigenvalue weighted by atomic mass is 10.1. The molecule has 28 heavy (non-hydrogen) atoms. The molecule has 1 atom stereocenters. The van der Waals surface area contributed by atoms with Gasteiger partial charge in [0.1, 0.15) is 5.60 Å². The summed E-state index contributed by atoms with van der Waals surface area (Å²) < 4.78 is 43.4. The summed E-state index contributed by atoms with van der Waals surface area (Å²) >= 11 is 1.53. The highest BCUT2D eigenvalue weighted by Crippen LogP contribution is 2.29. The fourth-order valence-electron chi connectivity index (χ4n) is 2.14. The highest BCUT2D eigenvalue weighted by molar-refractivity contribution is 7.98. The molecule has 0 aliphatic rings. The van der Waals surface area contributed by atoms with Crippen LogP contribution in [0.25, 0.3) is 0 Å². The number of alkyl halides is 3. The molecule has 5 nitrogen and oxygen atoms in total. The molecule has 156 valence electrons. The summed E-state index contributed by atoms with van der Waals surface area (Å²) in [6.45, 7) is 5.05. The molecule has 0 radical (unpaired) electrons. The molecule has 1 aromatic rings. The van der Waals surface area contributed by atoms with Crippen LogP contribution >= 0.6 is 11.8 Å². The second-order valence-corrected chi connectivity index (χ2v) is 8.05. The predicted molar refractivity (Wildman–Crippen MR) is 105 cm³/mol. The van der Waals surface area contributed by atoms with Gasteiger partial charge in [0.05, 0.1) is 11.5 Å². The smallest absolute Gasteiger partial charge is 0.433 e. The van der Waals surface area contributed by atoms with Crippen molar-refractivity contribution in [3.05, 3.63) is 35.4 Å². The Kier molecular flexibility index (Phi) is 9.00. The average molecular weight is 418 g/mol. The Morgan fingerprint density at radius 2 is 1.96 bits per heavy atom. The van der Waals surface area contributed by atoms with Crippen molar-refractivity contribution in [3.8, 4) is 0 Å². The molecule has 0 aliphatic heterocycles. The van der Waals surface area contributed by atoms with Gasteiger partial charge in [-0.15, -0.1) is 0 Å². The minimum absolute atomic E-state index is 0.0567. The molecular weight excluding hydrogens is 393 g/mol. The van der Waals surface area contributed by atoms with Crippen LogP contribution in [0.3, 0.4) is 0 Å². The van der Waals surface area contributed by atoms with Crippen molar-refractivity contribution < 1.29 is 27.5 Å². The number of carbonyl (C=O) groups is 2. The van der Waals surface area contributed by atoms with E-state index < -0.39 is 35.3 Å². The number of nitrogens with zero attached hydrogens (tertiary/aromatic N) is 1. The third kappa shape index (κ3) is 9.25. The summed E-state index contributed by atoms with van der Waals surface area (Å²) in [5.74, 6) is -0.452. The van der Waals surface area contributed by atoms with E-state index in [2.05, 4.69) is 10.3 Å². The fraction of sp³-hybridized carbons (Fsp3) is 0.526. The average Bonchev–Trinajstić information content (AvgIpc) is 2.57. The standard InChI is InChI=1S/C19H25F3N2O3S/c1-18(2,3)27-17(26)24-12-14(8-9-28-4)16(25)23-11-13-6-5-7-15(10-13)19(20,21)22/h5-7,10,12,14H,8-9,11H2,1-4H3,(H,23,25). The molecule has 0 heterocycles. The van der Waals surface area contributed by atoms with E-state index >= 15 is 0 Å². The first kappa shape index (κ1) is 24.0. The molecule has 2 amide bonds. The molecule has 1 N–H and O–H groups in total. The summed E-state index contributed by atoms with van der Waals surface area (Å²) in [6, 6.07) is 4.76. The van der Waals surface area contributed by atoms with Gasteiger partial charge >= 0.3 is 12.3 Å². The van der Waals surface area contributed by atoms with Crippen LogP contribution in [-0.2, 0) is 22.3 Å². The summed E-state index contributed by atoms with van der Waals surface area (Å²) in [7, 11) is 0. The number of benzene rings is 1. The largest absolute Gasteiger partial charge is 0.442 e. The molecule has 0 aromatic heterocycles. The summed E-state index contributed by atoms with van der Waals surface area (Å²) in [5.41, 5.74) is -1.14. The summed E-state index contributed by atoms with van der Waals surface area (Å²) in [4.78, 5) is 27.8. The van der Waals surface area contributed by atoms with E-state index in [1.807, 2.05) is 6.26 Å². The predicted octanol–water partition coefficient (Wildman–Crippen LogP) is 4.70. The van der Waals surface area contributed by atoms with Gasteiger partial charge in [-0.25, -0.2) is 4.79 Å². The van der Waals surface area contributed by atoms with Crippen molar-refractivity contribution in [2.24, 2.45) is 10.9 Å². The number of hydrogen-bond donors (Lipinski definition) is 1. The van der Waals surface area contributed by atoms with E-state index in [1.165, 1.54) is 30.1 Å². The molecule has 1 unspecified atom stereocenters. The van der Waals surface area contributed by atoms with E-state index in [-0.39, 0.29) is 6.54 Å². The lowest BCUT2D eigenvalue weighted by molar-refractivity contribution is -0.137. The first-order valence-corrected chi connectivity index (χ1v) is 10.0. The Morgan fingerprint density at radius 3 is 2.54 bits per heavy atom. The Morgan fingerprint density at radius 1 is 1.29 bits per heavy atom. The topological polar surface area (TPSA) is 67.8 Å². The SMILES string of the molecule is CSCCC(C=NC(=O)OC(C)(C)C)C(=O)NCc1cccc(C(F)(F)F)c1. The molecule has 0 bridgehead atoms. The summed E-state index contributed by atoms with van der Waals surface area (Å²) in [6.07, 6.45) is -1.70. The third-order valence-corrected chi connectivity index (χ3v) is 4.09. The number of rotatable bonds is 7. The highest BCUT2D eigenvalue weighted by Gasteiger charge is 2.30. The van der Waals surface area contributed by atoms with Gasteiger partial charge in [-0.1, -0.05) is 12.1 Å². The van der Waals surface area contributed by atoms with Gasteiger partial charge in [-0.3, -0.25) is 4.79 Å². The van der Waals surface area contributed by atoms with Gasteiger partial charge in [0.25, 0.3) is 0 Å². The zero-order valence-electron chi connectivity index (χ0n) is 16.3. The molecule has 1 rings (SSSR count). The number of carbonyl (C=O) groups excluding carboxylic acids is 2. The van der Waals surface area contributed by atoms with Gasteiger partial charge in [0.15, 0.2) is 0 Å². The molecule has 1 aromatic carbocycles. The first-order chi connectivity index (χ1) is 12.9. The van der Waals surface area contributed by atoms with Gasteiger partial charge in [-0.2, -0.15) is 29.9 Å². The molecule has 0 aliphatic carbocycles. The van der Waals surface area contributed by atoms with Crippen molar-refractivity contribution in [3.63, 3.8) is 0 Å². The van der Waals surface area contributed by atoms with Gasteiger partial charge in [0.2, 0.25) is 5.91 Å². The number of halogens is 3. The fourth-order valence-corrected chi connectivity index (χ4v) is 2.62. The Bertz CT molecular complexity index is 700. The van der Waals surface area contributed by atoms with Gasteiger partial charge in [-0.05, 0) is 56.9 Å². The normalized spacial score (nSPS) is 13.4. The lowest BCUT2D eigenvalue weighted by Crippen LogP contribution is -2.32. The first-order valence-electron chi connectivity index (χ1n) is 8.62. The molecule has 0 spiro atoms. The zero-order chi connectivity index (χ0) is 21.4.